The Morgan fingerprint density at radius 2 is 1.95 bits per heavy atom. The topological polar surface area (TPSA) is 70.6 Å². The van der Waals surface area contributed by atoms with Gasteiger partial charge in [-0.1, -0.05) is 33.1 Å². The minimum absolute atomic E-state index is 0.00698. The van der Waals surface area contributed by atoms with Gasteiger partial charge in [0.2, 0.25) is 0 Å². The van der Waals surface area contributed by atoms with E-state index in [0.717, 1.165) is 12.8 Å². The number of aliphatic hydroxyl groups excluding tert-OH is 1. The molecule has 0 aromatic carbocycles. The molecule has 0 heterocycles. The molecule has 1 unspecified atom stereocenters. The molecule has 0 aromatic rings. The van der Waals surface area contributed by atoms with Gasteiger partial charge in [-0.15, -0.1) is 0 Å². The summed E-state index contributed by atoms with van der Waals surface area (Å²) in [4.78, 5) is 4.48. The zero-order chi connectivity index (χ0) is 13.9. The quantitative estimate of drug-likeness (QED) is 0.527. The van der Waals surface area contributed by atoms with Crippen LogP contribution >= 0.6 is 0 Å². The number of nitrogens with zero attached hydrogens (tertiary/aromatic N) is 1. The van der Waals surface area contributed by atoms with E-state index in [4.69, 9.17) is 5.73 Å². The molecule has 2 fully saturated rings. The molecule has 0 bridgehead atoms. The van der Waals surface area contributed by atoms with Crippen LogP contribution in [0.3, 0.4) is 0 Å². The zero-order valence-corrected chi connectivity index (χ0v) is 12.4. The summed E-state index contributed by atoms with van der Waals surface area (Å²) in [5.74, 6) is 0.861. The van der Waals surface area contributed by atoms with E-state index in [1.807, 2.05) is 0 Å². The van der Waals surface area contributed by atoms with Crippen molar-refractivity contribution in [2.45, 2.75) is 70.9 Å². The molecule has 19 heavy (non-hydrogen) atoms. The van der Waals surface area contributed by atoms with Gasteiger partial charge in [-0.3, -0.25) is 4.99 Å². The highest BCUT2D eigenvalue weighted by atomic mass is 16.3. The molecular formula is C15H29N3O. The summed E-state index contributed by atoms with van der Waals surface area (Å²) in [6.45, 7) is 4.80. The normalized spacial score (nSPS) is 25.4. The van der Waals surface area contributed by atoms with Crippen LogP contribution in [0.25, 0.3) is 0 Å². The molecule has 4 heteroatoms. The highest BCUT2D eigenvalue weighted by Crippen LogP contribution is 2.50. The fraction of sp³-hybridized carbons (Fsp3) is 0.933. The van der Waals surface area contributed by atoms with Crippen molar-refractivity contribution in [2.75, 3.05) is 6.54 Å². The number of hydrogen-bond donors (Lipinski definition) is 3. The SMILES string of the molecule is CC(C)C(O)C1(CN=C(N)NC2CCCCC2)CC1. The Hall–Kier alpha value is -0.770. The molecule has 4 N–H and O–H groups in total. The monoisotopic (exact) mass is 267 g/mol. The van der Waals surface area contributed by atoms with Crippen molar-refractivity contribution in [3.63, 3.8) is 0 Å². The molecule has 2 saturated carbocycles. The van der Waals surface area contributed by atoms with E-state index in [-0.39, 0.29) is 11.5 Å². The summed E-state index contributed by atoms with van der Waals surface area (Å²) in [5, 5.41) is 13.6. The third kappa shape index (κ3) is 3.85. The molecule has 0 radical (unpaired) electrons. The lowest BCUT2D eigenvalue weighted by molar-refractivity contribution is 0.0549. The van der Waals surface area contributed by atoms with Gasteiger partial charge in [0.25, 0.3) is 0 Å². The molecule has 0 aliphatic heterocycles. The minimum atomic E-state index is -0.251. The van der Waals surface area contributed by atoms with Crippen LogP contribution in [-0.2, 0) is 0 Å². The second-order valence-electron chi connectivity index (χ2n) is 6.73. The first-order chi connectivity index (χ1) is 9.03. The summed E-state index contributed by atoms with van der Waals surface area (Å²) in [7, 11) is 0. The van der Waals surface area contributed by atoms with Gasteiger partial charge in [0, 0.05) is 11.5 Å². The third-order valence-corrected chi connectivity index (χ3v) is 4.67. The third-order valence-electron chi connectivity index (χ3n) is 4.67. The van der Waals surface area contributed by atoms with E-state index in [9.17, 15) is 5.11 Å². The maximum Gasteiger partial charge on any atom is 0.188 e. The average Bonchev–Trinajstić information content (AvgIpc) is 3.18. The minimum Gasteiger partial charge on any atom is -0.392 e. The van der Waals surface area contributed by atoms with Gasteiger partial charge in [-0.25, -0.2) is 0 Å². The maximum atomic E-state index is 10.2. The van der Waals surface area contributed by atoms with Crippen molar-refractivity contribution in [3.8, 4) is 0 Å². The van der Waals surface area contributed by atoms with Gasteiger partial charge < -0.3 is 16.2 Å². The molecule has 1 atom stereocenters. The largest absolute Gasteiger partial charge is 0.392 e. The van der Waals surface area contributed by atoms with Crippen molar-refractivity contribution in [3.05, 3.63) is 0 Å². The number of rotatable bonds is 5. The Balaban J connectivity index is 1.81. The fourth-order valence-corrected chi connectivity index (χ4v) is 3.16. The molecule has 0 amide bonds. The Labute approximate surface area is 116 Å². The van der Waals surface area contributed by atoms with E-state index in [1.54, 1.807) is 0 Å². The van der Waals surface area contributed by atoms with Crippen LogP contribution in [0.5, 0.6) is 0 Å². The van der Waals surface area contributed by atoms with Gasteiger partial charge in [0.15, 0.2) is 5.96 Å². The molecule has 0 spiro atoms. The van der Waals surface area contributed by atoms with Crippen LogP contribution in [0.1, 0.15) is 58.8 Å². The van der Waals surface area contributed by atoms with Crippen molar-refractivity contribution in [1.29, 1.82) is 0 Å². The first kappa shape index (κ1) is 14.6. The van der Waals surface area contributed by atoms with E-state index < -0.39 is 0 Å². The summed E-state index contributed by atoms with van der Waals surface area (Å²) < 4.78 is 0. The fourth-order valence-electron chi connectivity index (χ4n) is 3.16. The molecule has 0 aromatic heterocycles. The van der Waals surface area contributed by atoms with Gasteiger partial charge in [-0.2, -0.15) is 0 Å². The molecule has 2 aliphatic rings. The highest BCUT2D eigenvalue weighted by molar-refractivity contribution is 5.78. The number of guanidine groups is 1. The highest BCUT2D eigenvalue weighted by Gasteiger charge is 2.49. The molecule has 2 rings (SSSR count). The Morgan fingerprint density at radius 3 is 2.47 bits per heavy atom. The van der Waals surface area contributed by atoms with Crippen LogP contribution < -0.4 is 11.1 Å². The van der Waals surface area contributed by atoms with Crippen LogP contribution in [0, 0.1) is 11.3 Å². The Morgan fingerprint density at radius 1 is 1.32 bits per heavy atom. The Kier molecular flexibility index (Phi) is 4.71. The summed E-state index contributed by atoms with van der Waals surface area (Å²) in [6, 6.07) is 0.502. The van der Waals surface area contributed by atoms with Crippen molar-refractivity contribution in [1.82, 2.24) is 5.32 Å². The number of hydrogen-bond acceptors (Lipinski definition) is 2. The second kappa shape index (κ2) is 6.12. The van der Waals surface area contributed by atoms with Crippen LogP contribution in [0.2, 0.25) is 0 Å². The summed E-state index contributed by atoms with van der Waals surface area (Å²) >= 11 is 0. The lowest BCUT2D eigenvalue weighted by Crippen LogP contribution is -2.41. The van der Waals surface area contributed by atoms with Gasteiger partial charge in [0.1, 0.15) is 0 Å². The molecule has 0 saturated heterocycles. The number of aliphatic imine (C=N–C) groups is 1. The van der Waals surface area contributed by atoms with Crippen molar-refractivity contribution < 1.29 is 5.11 Å². The van der Waals surface area contributed by atoms with Crippen LogP contribution in [0.15, 0.2) is 4.99 Å². The predicted octanol–water partition coefficient (Wildman–Crippen LogP) is 2.02. The van der Waals surface area contributed by atoms with Gasteiger partial charge in [-0.05, 0) is 31.6 Å². The van der Waals surface area contributed by atoms with E-state index in [2.05, 4.69) is 24.2 Å². The standard InChI is InChI=1S/C15H29N3O/c1-11(2)13(19)15(8-9-15)10-17-14(16)18-12-6-4-3-5-7-12/h11-13,19H,3-10H2,1-2H3,(H3,16,17,18). The van der Waals surface area contributed by atoms with Crippen LogP contribution in [-0.4, -0.2) is 29.8 Å². The smallest absolute Gasteiger partial charge is 0.188 e. The lowest BCUT2D eigenvalue weighted by atomic mass is 9.90. The summed E-state index contributed by atoms with van der Waals surface area (Å²) in [5.41, 5.74) is 5.98. The predicted molar refractivity (Wildman–Crippen MR) is 79.0 cm³/mol. The van der Waals surface area contributed by atoms with Gasteiger partial charge >= 0.3 is 0 Å². The second-order valence-corrected chi connectivity index (χ2v) is 6.73. The molecule has 4 nitrogen and oxygen atoms in total. The zero-order valence-electron chi connectivity index (χ0n) is 12.4. The number of nitrogens with one attached hydrogen (secondary N) is 1. The Bertz CT molecular complexity index is 317. The first-order valence-corrected chi connectivity index (χ1v) is 7.78. The van der Waals surface area contributed by atoms with Gasteiger partial charge in [0.05, 0.1) is 12.6 Å². The van der Waals surface area contributed by atoms with Crippen molar-refractivity contribution in [2.24, 2.45) is 22.1 Å². The van der Waals surface area contributed by atoms with E-state index in [1.165, 1.54) is 32.1 Å². The van der Waals surface area contributed by atoms with Crippen molar-refractivity contribution >= 4 is 5.96 Å². The molecular weight excluding hydrogens is 238 g/mol. The lowest BCUT2D eigenvalue weighted by Gasteiger charge is -2.25. The maximum absolute atomic E-state index is 10.2. The van der Waals surface area contributed by atoms with Crippen LogP contribution in [0.4, 0.5) is 0 Å². The molecule has 110 valence electrons. The van der Waals surface area contributed by atoms with E-state index >= 15 is 0 Å². The van der Waals surface area contributed by atoms with E-state index in [0.29, 0.717) is 24.5 Å². The molecule has 2 aliphatic carbocycles. The first-order valence-electron chi connectivity index (χ1n) is 7.78. The summed E-state index contributed by atoms with van der Waals surface area (Å²) in [6.07, 6.45) is 8.24. The average molecular weight is 267 g/mol. The number of nitrogens with two attached hydrogens (primary N) is 1. The number of aliphatic hydroxyl groups is 1.